The summed E-state index contributed by atoms with van der Waals surface area (Å²) in [5, 5.41) is 18.2. The van der Waals surface area contributed by atoms with Gasteiger partial charge in [0.15, 0.2) is 0 Å². The molecule has 1 amide bonds. The second-order valence-electron chi connectivity index (χ2n) is 3.43. The molecule has 1 rings (SSSR count). The molecule has 0 unspecified atom stereocenters. The van der Waals surface area contributed by atoms with E-state index < -0.39 is 18.4 Å². The summed E-state index contributed by atoms with van der Waals surface area (Å²) in [6.07, 6.45) is 5.09. The second-order valence-corrected chi connectivity index (χ2v) is 4.59. The highest BCUT2D eigenvalue weighted by Gasteiger charge is 2.18. The molecule has 18 heavy (non-hydrogen) atoms. The second kappa shape index (κ2) is 6.26. The molecule has 6 heteroatoms. The lowest BCUT2D eigenvalue weighted by molar-refractivity contribution is -0.137. The van der Waals surface area contributed by atoms with E-state index >= 15 is 0 Å². The number of nitrogens with zero attached hydrogens (tertiary/aromatic N) is 1. The number of aliphatic carboxylic acids is 1. The number of terminal acetylenes is 1. The standard InChI is InChI=1S/C12H10INO4/c1-2-5-14(7-11(16)17)12(18)8-3-4-9(13)10(15)6-8/h1,3-4,6,15H,5,7H2,(H,16,17). The summed E-state index contributed by atoms with van der Waals surface area (Å²) in [5.41, 5.74) is 0.199. The van der Waals surface area contributed by atoms with Gasteiger partial charge in [-0.25, -0.2) is 0 Å². The average Bonchev–Trinajstić information content (AvgIpc) is 2.31. The predicted octanol–water partition coefficient (Wildman–Crippen LogP) is 1.16. The van der Waals surface area contributed by atoms with E-state index in [9.17, 15) is 14.7 Å². The van der Waals surface area contributed by atoms with E-state index in [0.717, 1.165) is 4.90 Å². The lowest BCUT2D eigenvalue weighted by atomic mass is 10.2. The molecule has 0 radical (unpaired) electrons. The zero-order chi connectivity index (χ0) is 13.7. The third-order valence-electron chi connectivity index (χ3n) is 2.09. The Bertz CT molecular complexity index is 521. The van der Waals surface area contributed by atoms with Crippen LogP contribution in [0, 0.1) is 15.9 Å². The number of carbonyl (C=O) groups is 2. The molecule has 0 aromatic heterocycles. The fourth-order valence-corrected chi connectivity index (χ4v) is 1.64. The van der Waals surface area contributed by atoms with Gasteiger partial charge in [-0.05, 0) is 40.8 Å². The molecule has 94 valence electrons. The SMILES string of the molecule is C#CCN(CC(=O)O)C(=O)c1ccc(I)c(O)c1. The Morgan fingerprint density at radius 1 is 1.44 bits per heavy atom. The first kappa shape index (κ1) is 14.3. The summed E-state index contributed by atoms with van der Waals surface area (Å²) in [7, 11) is 0. The van der Waals surface area contributed by atoms with Crippen LogP contribution in [0.2, 0.25) is 0 Å². The Morgan fingerprint density at radius 3 is 2.61 bits per heavy atom. The maximum Gasteiger partial charge on any atom is 0.323 e. The van der Waals surface area contributed by atoms with Gasteiger partial charge in [0.25, 0.3) is 5.91 Å². The Morgan fingerprint density at radius 2 is 2.11 bits per heavy atom. The Balaban J connectivity index is 2.98. The maximum atomic E-state index is 12.0. The molecule has 0 spiro atoms. The van der Waals surface area contributed by atoms with Crippen LogP contribution in [-0.4, -0.2) is 40.1 Å². The van der Waals surface area contributed by atoms with Crippen LogP contribution in [0.5, 0.6) is 5.75 Å². The zero-order valence-electron chi connectivity index (χ0n) is 9.26. The largest absolute Gasteiger partial charge is 0.507 e. The molecule has 0 saturated carbocycles. The van der Waals surface area contributed by atoms with E-state index in [2.05, 4.69) is 5.92 Å². The minimum Gasteiger partial charge on any atom is -0.507 e. The summed E-state index contributed by atoms with van der Waals surface area (Å²) in [6, 6.07) is 4.36. The molecule has 0 aliphatic rings. The summed E-state index contributed by atoms with van der Waals surface area (Å²) in [6.45, 7) is -0.576. The van der Waals surface area contributed by atoms with Crippen LogP contribution < -0.4 is 0 Å². The number of carboxylic acid groups (broad SMARTS) is 1. The first-order chi connectivity index (χ1) is 8.45. The molecule has 5 nitrogen and oxygen atoms in total. The number of carbonyl (C=O) groups excluding carboxylic acids is 1. The van der Waals surface area contributed by atoms with E-state index in [1.54, 1.807) is 6.07 Å². The Hall–Kier alpha value is -1.75. The van der Waals surface area contributed by atoms with Crippen molar-refractivity contribution in [1.29, 1.82) is 0 Å². The maximum absolute atomic E-state index is 12.0. The van der Waals surface area contributed by atoms with E-state index in [1.807, 2.05) is 22.6 Å². The molecule has 0 bridgehead atoms. The van der Waals surface area contributed by atoms with Gasteiger partial charge in [0.05, 0.1) is 10.1 Å². The number of hydrogen-bond acceptors (Lipinski definition) is 3. The molecule has 0 aliphatic heterocycles. The van der Waals surface area contributed by atoms with Crippen LogP contribution in [0.15, 0.2) is 18.2 Å². The van der Waals surface area contributed by atoms with Gasteiger partial charge >= 0.3 is 5.97 Å². The van der Waals surface area contributed by atoms with Gasteiger partial charge < -0.3 is 15.1 Å². The number of phenolic OH excluding ortho intramolecular Hbond substituents is 1. The van der Waals surface area contributed by atoms with Crippen molar-refractivity contribution in [2.45, 2.75) is 0 Å². The van der Waals surface area contributed by atoms with E-state index in [4.69, 9.17) is 11.5 Å². The molecular weight excluding hydrogens is 349 g/mol. The van der Waals surface area contributed by atoms with E-state index in [-0.39, 0.29) is 17.9 Å². The topological polar surface area (TPSA) is 77.8 Å². The number of carboxylic acids is 1. The fourth-order valence-electron chi connectivity index (χ4n) is 1.30. The van der Waals surface area contributed by atoms with Crippen LogP contribution in [0.3, 0.4) is 0 Å². The van der Waals surface area contributed by atoms with Crippen molar-refractivity contribution >= 4 is 34.5 Å². The molecule has 0 atom stereocenters. The number of amides is 1. The predicted molar refractivity (Wildman–Crippen MR) is 73.2 cm³/mol. The lowest BCUT2D eigenvalue weighted by Gasteiger charge is -2.18. The highest BCUT2D eigenvalue weighted by molar-refractivity contribution is 14.1. The van der Waals surface area contributed by atoms with Crippen LogP contribution in [0.25, 0.3) is 0 Å². The number of rotatable bonds is 4. The summed E-state index contributed by atoms with van der Waals surface area (Å²) < 4.78 is 0.603. The van der Waals surface area contributed by atoms with Crippen molar-refractivity contribution in [3.8, 4) is 18.1 Å². The molecular formula is C12H10INO4. The molecule has 2 N–H and O–H groups in total. The van der Waals surface area contributed by atoms with Gasteiger partial charge in [-0.2, -0.15) is 0 Å². The molecule has 0 heterocycles. The quantitative estimate of drug-likeness (QED) is 0.625. The highest BCUT2D eigenvalue weighted by Crippen LogP contribution is 2.21. The van der Waals surface area contributed by atoms with Crippen LogP contribution >= 0.6 is 22.6 Å². The smallest absolute Gasteiger partial charge is 0.323 e. The third-order valence-corrected chi connectivity index (χ3v) is 3.00. The van der Waals surface area contributed by atoms with Crippen molar-refractivity contribution in [2.75, 3.05) is 13.1 Å². The van der Waals surface area contributed by atoms with Gasteiger partial charge in [-0.3, -0.25) is 9.59 Å². The average molecular weight is 359 g/mol. The molecule has 0 fully saturated rings. The number of aromatic hydroxyl groups is 1. The Labute approximate surface area is 118 Å². The van der Waals surface area contributed by atoms with Gasteiger partial charge in [-0.15, -0.1) is 6.42 Å². The van der Waals surface area contributed by atoms with Crippen molar-refractivity contribution < 1.29 is 19.8 Å². The number of hydrogen-bond donors (Lipinski definition) is 2. The van der Waals surface area contributed by atoms with Gasteiger partial charge in [0.2, 0.25) is 0 Å². The monoisotopic (exact) mass is 359 g/mol. The Kier molecular flexibility index (Phi) is 4.97. The van der Waals surface area contributed by atoms with Crippen molar-refractivity contribution in [2.24, 2.45) is 0 Å². The molecule has 1 aromatic rings. The van der Waals surface area contributed by atoms with Gasteiger partial charge in [-0.1, -0.05) is 5.92 Å². The summed E-state index contributed by atoms with van der Waals surface area (Å²) in [5.74, 6) is 0.527. The summed E-state index contributed by atoms with van der Waals surface area (Å²) >= 11 is 1.92. The highest BCUT2D eigenvalue weighted by atomic mass is 127. The van der Waals surface area contributed by atoms with Crippen LogP contribution in [-0.2, 0) is 4.79 Å². The van der Waals surface area contributed by atoms with Crippen molar-refractivity contribution in [3.05, 3.63) is 27.3 Å². The minimum atomic E-state index is -1.15. The number of phenols is 1. The first-order valence-electron chi connectivity index (χ1n) is 4.88. The molecule has 1 aromatic carbocycles. The number of benzene rings is 1. The van der Waals surface area contributed by atoms with Crippen molar-refractivity contribution in [3.63, 3.8) is 0 Å². The first-order valence-corrected chi connectivity index (χ1v) is 5.96. The van der Waals surface area contributed by atoms with E-state index in [1.165, 1.54) is 12.1 Å². The molecule has 0 aliphatic carbocycles. The minimum absolute atomic E-state index is 0.0302. The lowest BCUT2D eigenvalue weighted by Crippen LogP contribution is -2.35. The van der Waals surface area contributed by atoms with Crippen LogP contribution in [0.1, 0.15) is 10.4 Å². The molecule has 0 saturated heterocycles. The van der Waals surface area contributed by atoms with E-state index in [0.29, 0.717) is 3.57 Å². The van der Waals surface area contributed by atoms with Gasteiger partial charge in [0.1, 0.15) is 12.3 Å². The third kappa shape index (κ3) is 3.63. The van der Waals surface area contributed by atoms with Crippen molar-refractivity contribution in [1.82, 2.24) is 4.90 Å². The number of halogens is 1. The zero-order valence-corrected chi connectivity index (χ0v) is 11.4. The normalized spacial score (nSPS) is 9.56. The van der Waals surface area contributed by atoms with Crippen LogP contribution in [0.4, 0.5) is 0 Å². The van der Waals surface area contributed by atoms with Gasteiger partial charge in [0, 0.05) is 5.56 Å². The summed E-state index contributed by atoms with van der Waals surface area (Å²) in [4.78, 5) is 23.6. The fraction of sp³-hybridized carbons (Fsp3) is 0.167.